The summed E-state index contributed by atoms with van der Waals surface area (Å²) in [4.78, 5) is -2.83. The van der Waals surface area contributed by atoms with Crippen molar-refractivity contribution in [2.24, 2.45) is 0 Å². The van der Waals surface area contributed by atoms with Crippen molar-refractivity contribution in [2.75, 3.05) is 0 Å². The third-order valence-electron chi connectivity index (χ3n) is 3.81. The predicted molar refractivity (Wildman–Crippen MR) is 87.7 cm³/mol. The molecule has 0 saturated heterocycles. The topological polar surface area (TPSA) is 245 Å². The van der Waals surface area contributed by atoms with E-state index in [1.54, 1.807) is 0 Å². The normalized spacial score (nSPS) is 13.9. The van der Waals surface area contributed by atoms with Gasteiger partial charge in [0, 0.05) is 10.8 Å². The van der Waals surface area contributed by atoms with E-state index in [9.17, 15) is 51.9 Å². The van der Waals surface area contributed by atoms with Gasteiger partial charge in [-0.1, -0.05) is 0 Å². The summed E-state index contributed by atoms with van der Waals surface area (Å²) in [6, 6.07) is 1.51. The highest BCUT2D eigenvalue weighted by Gasteiger charge is 2.21. The number of hydrogen-bond donors (Lipinski definition) is 1. The minimum atomic E-state index is -5.44. The zero-order valence-electron chi connectivity index (χ0n) is 13.3. The summed E-state index contributed by atoms with van der Waals surface area (Å²) in [7, 11) is -21.5. The van der Waals surface area contributed by atoms with Crippen LogP contribution < -0.4 is 0 Å². The van der Waals surface area contributed by atoms with Crippen LogP contribution >= 0.6 is 0 Å². The minimum absolute atomic E-state index is 0.221. The Balaban J connectivity index is 2.73. The van der Waals surface area contributed by atoms with E-state index >= 15 is 0 Å². The Morgan fingerprint density at radius 1 is 0.517 bits per heavy atom. The summed E-state index contributed by atoms with van der Waals surface area (Å²) in [5, 5.41) is -1.19. The molecule has 0 saturated carbocycles. The fourth-order valence-electron chi connectivity index (χ4n) is 2.67. The number of aromatic amines is 1. The number of fused-ring (bicyclic) bond motifs is 3. The van der Waals surface area contributed by atoms with Gasteiger partial charge in [-0.05, 0) is 24.3 Å². The molecule has 1 heterocycles. The standard InChI is InChI=1S/C12H9NO12S4/c14-26(15,16)5-1-7-8-2-6(27(17,18)19)4-10(29(23,24)25)12(8)13-11(7)9(3-5)28(20,21)22/h1-4,13H,(H,14,15,16)(H,17,18,19)(H,20,21,22)(H,23,24,25)/p-4. The van der Waals surface area contributed by atoms with Crippen LogP contribution in [0.2, 0.25) is 0 Å². The lowest BCUT2D eigenvalue weighted by atomic mass is 10.1. The van der Waals surface area contributed by atoms with Crippen LogP contribution in [0.15, 0.2) is 43.8 Å². The summed E-state index contributed by atoms with van der Waals surface area (Å²) in [6.45, 7) is 0. The molecule has 0 radical (unpaired) electrons. The maximum Gasteiger partial charge on any atom is 0.126 e. The molecule has 158 valence electrons. The van der Waals surface area contributed by atoms with Gasteiger partial charge in [-0.25, -0.2) is 33.7 Å². The molecule has 0 aliphatic heterocycles. The van der Waals surface area contributed by atoms with Gasteiger partial charge >= 0.3 is 0 Å². The van der Waals surface area contributed by atoms with E-state index in [4.69, 9.17) is 0 Å². The minimum Gasteiger partial charge on any atom is -0.744 e. The van der Waals surface area contributed by atoms with Crippen LogP contribution in [0.25, 0.3) is 21.8 Å². The average molecular weight is 483 g/mol. The maximum atomic E-state index is 11.5. The first-order valence-electron chi connectivity index (χ1n) is 6.88. The van der Waals surface area contributed by atoms with E-state index in [0.29, 0.717) is 12.1 Å². The molecule has 3 aromatic rings. The molecule has 0 unspecified atom stereocenters. The monoisotopic (exact) mass is 483 g/mol. The van der Waals surface area contributed by atoms with Crippen LogP contribution in [-0.2, 0) is 40.5 Å². The fourth-order valence-corrected chi connectivity index (χ4v) is 5.23. The van der Waals surface area contributed by atoms with Crippen molar-refractivity contribution in [1.82, 2.24) is 4.98 Å². The third-order valence-corrected chi connectivity index (χ3v) is 7.15. The van der Waals surface area contributed by atoms with Crippen LogP contribution in [0.3, 0.4) is 0 Å². The molecule has 0 spiro atoms. The summed E-state index contributed by atoms with van der Waals surface area (Å²) in [5.41, 5.74) is -1.40. The Bertz CT molecular complexity index is 1510. The van der Waals surface area contributed by atoms with Crippen LogP contribution in [0, 0.1) is 0 Å². The van der Waals surface area contributed by atoms with E-state index in [1.165, 1.54) is 0 Å². The molecule has 2 aromatic carbocycles. The number of nitrogens with one attached hydrogen (secondary N) is 1. The average Bonchev–Trinajstić information content (AvgIpc) is 2.87. The van der Waals surface area contributed by atoms with Gasteiger partial charge in [-0.3, -0.25) is 0 Å². The lowest BCUT2D eigenvalue weighted by Gasteiger charge is -2.13. The first kappa shape index (κ1) is 21.6. The number of hydrogen-bond acceptors (Lipinski definition) is 12. The van der Waals surface area contributed by atoms with Gasteiger partial charge in [0.25, 0.3) is 0 Å². The molecule has 13 nitrogen and oxygen atoms in total. The molecular weight excluding hydrogens is 478 g/mol. The molecule has 3 rings (SSSR count). The highest BCUT2D eigenvalue weighted by molar-refractivity contribution is 7.87. The quantitative estimate of drug-likeness (QED) is 0.436. The molecular formula is C12H5NO12S4-4. The maximum absolute atomic E-state index is 11.5. The smallest absolute Gasteiger partial charge is 0.126 e. The van der Waals surface area contributed by atoms with Crippen molar-refractivity contribution in [1.29, 1.82) is 0 Å². The first-order valence-corrected chi connectivity index (χ1v) is 12.5. The van der Waals surface area contributed by atoms with Gasteiger partial charge < -0.3 is 23.2 Å². The Hall–Kier alpha value is -2.12. The molecule has 0 aliphatic carbocycles. The van der Waals surface area contributed by atoms with Gasteiger partial charge in [-0.15, -0.1) is 0 Å². The first-order chi connectivity index (χ1) is 12.9. The van der Waals surface area contributed by atoms with Crippen LogP contribution in [-0.4, -0.2) is 56.9 Å². The van der Waals surface area contributed by atoms with Crippen molar-refractivity contribution in [2.45, 2.75) is 19.6 Å². The van der Waals surface area contributed by atoms with Crippen LogP contribution in [0.5, 0.6) is 0 Å². The summed E-state index contributed by atoms with van der Waals surface area (Å²) >= 11 is 0. The van der Waals surface area contributed by atoms with Crippen molar-refractivity contribution in [3.05, 3.63) is 24.3 Å². The highest BCUT2D eigenvalue weighted by Crippen LogP contribution is 2.36. The largest absolute Gasteiger partial charge is 0.744 e. The molecule has 17 heteroatoms. The van der Waals surface area contributed by atoms with Crippen molar-refractivity contribution in [3.63, 3.8) is 0 Å². The van der Waals surface area contributed by atoms with E-state index in [2.05, 4.69) is 4.98 Å². The second-order valence-electron chi connectivity index (χ2n) is 5.63. The molecule has 0 fully saturated rings. The number of aromatic nitrogens is 1. The van der Waals surface area contributed by atoms with Crippen molar-refractivity contribution in [3.8, 4) is 0 Å². The van der Waals surface area contributed by atoms with Crippen LogP contribution in [0.1, 0.15) is 0 Å². The summed E-state index contributed by atoms with van der Waals surface area (Å²) in [5.74, 6) is 0. The van der Waals surface area contributed by atoms with Gasteiger partial charge in [0.05, 0.1) is 30.6 Å². The highest BCUT2D eigenvalue weighted by atomic mass is 32.2. The Kier molecular flexibility index (Phi) is 4.61. The van der Waals surface area contributed by atoms with E-state index < -0.39 is 81.9 Å². The molecule has 0 atom stereocenters. The predicted octanol–water partition coefficient (Wildman–Crippen LogP) is -1.06. The summed E-state index contributed by atoms with van der Waals surface area (Å²) < 4.78 is 137. The molecule has 29 heavy (non-hydrogen) atoms. The number of H-pyrrole nitrogens is 1. The van der Waals surface area contributed by atoms with E-state index in [-0.39, 0.29) is 12.1 Å². The second kappa shape index (κ2) is 6.19. The Morgan fingerprint density at radius 2 is 0.828 bits per heavy atom. The van der Waals surface area contributed by atoms with Crippen LogP contribution in [0.4, 0.5) is 0 Å². The number of benzene rings is 2. The van der Waals surface area contributed by atoms with E-state index in [1.807, 2.05) is 0 Å². The Morgan fingerprint density at radius 3 is 1.07 bits per heavy atom. The van der Waals surface area contributed by atoms with Gasteiger partial charge in [0.15, 0.2) is 0 Å². The third kappa shape index (κ3) is 3.85. The SMILES string of the molecule is O=S(=O)([O-])c1cc(S(=O)(=O)[O-])c2[nH]c3c(S(=O)(=O)[O-])cc(S(=O)(=O)[O-])cc3c2c1. The van der Waals surface area contributed by atoms with E-state index in [0.717, 1.165) is 0 Å². The van der Waals surface area contributed by atoms with Gasteiger partial charge in [0.2, 0.25) is 0 Å². The molecule has 1 aromatic heterocycles. The van der Waals surface area contributed by atoms with Gasteiger partial charge in [-0.2, -0.15) is 0 Å². The number of rotatable bonds is 4. The molecule has 0 bridgehead atoms. The molecule has 0 amide bonds. The zero-order valence-corrected chi connectivity index (χ0v) is 16.6. The lowest BCUT2D eigenvalue weighted by molar-refractivity contribution is 0.457. The Labute approximate surface area is 163 Å². The second-order valence-corrected chi connectivity index (χ2v) is 11.1. The molecule has 1 N–H and O–H groups in total. The molecule has 0 aliphatic rings. The lowest BCUT2D eigenvalue weighted by Crippen LogP contribution is -2.04. The van der Waals surface area contributed by atoms with Gasteiger partial charge in [0.1, 0.15) is 40.5 Å². The fraction of sp³-hybridized carbons (Fsp3) is 0. The van der Waals surface area contributed by atoms with Crippen molar-refractivity contribution < 1.29 is 51.9 Å². The zero-order chi connectivity index (χ0) is 22.2. The van der Waals surface area contributed by atoms with Crippen molar-refractivity contribution >= 4 is 62.3 Å². The summed E-state index contributed by atoms with van der Waals surface area (Å²) in [6.07, 6.45) is 0.